The highest BCUT2D eigenvalue weighted by atomic mass is 32.2. The van der Waals surface area contributed by atoms with Crippen LogP contribution in [0.3, 0.4) is 0 Å². The summed E-state index contributed by atoms with van der Waals surface area (Å²) >= 11 is 0. The van der Waals surface area contributed by atoms with E-state index in [1.807, 2.05) is 0 Å². The second-order valence-electron chi connectivity index (χ2n) is 4.82. The maximum Gasteiger partial charge on any atom is 0.393 e. The number of hydrogen-bond donors (Lipinski definition) is 3. The summed E-state index contributed by atoms with van der Waals surface area (Å²) in [5.74, 6) is -2.24. The van der Waals surface area contributed by atoms with Crippen molar-refractivity contribution in [2.24, 2.45) is 5.92 Å². The van der Waals surface area contributed by atoms with Gasteiger partial charge < -0.3 is 10.6 Å². The first-order valence-electron chi connectivity index (χ1n) is 6.63. The highest BCUT2D eigenvalue weighted by Gasteiger charge is 2.35. The van der Waals surface area contributed by atoms with Crippen molar-refractivity contribution in [1.82, 2.24) is 10.0 Å². The normalized spacial score (nSPS) is 13.5. The maximum atomic E-state index is 12.5. The standard InChI is InChI=1S/C13H18F3N3O3S/c1-8(13(14,15)16)7-19-11-5-4-9(23(21,22)18-3)6-10(11)12(20)17-2/h4-6,8,18-19H,7H2,1-3H3,(H,17,20). The monoisotopic (exact) mass is 353 g/mol. The summed E-state index contributed by atoms with van der Waals surface area (Å²) in [4.78, 5) is 11.7. The fourth-order valence-electron chi connectivity index (χ4n) is 1.66. The lowest BCUT2D eigenvalue weighted by Gasteiger charge is -2.18. The summed E-state index contributed by atoms with van der Waals surface area (Å²) in [7, 11) is -1.22. The molecule has 3 N–H and O–H groups in total. The summed E-state index contributed by atoms with van der Waals surface area (Å²) in [6.45, 7) is 0.567. The van der Waals surface area contributed by atoms with Crippen LogP contribution in [0, 0.1) is 5.92 Å². The van der Waals surface area contributed by atoms with Gasteiger partial charge in [0.2, 0.25) is 10.0 Å². The first-order chi connectivity index (χ1) is 10.5. The fourth-order valence-corrected chi connectivity index (χ4v) is 2.42. The largest absolute Gasteiger partial charge is 0.393 e. The molecule has 23 heavy (non-hydrogen) atoms. The van der Waals surface area contributed by atoms with Crippen LogP contribution in [-0.4, -0.2) is 41.1 Å². The predicted octanol–water partition coefficient (Wildman–Crippen LogP) is 1.56. The summed E-state index contributed by atoms with van der Waals surface area (Å²) in [6.07, 6.45) is -4.37. The van der Waals surface area contributed by atoms with Gasteiger partial charge >= 0.3 is 6.18 Å². The molecule has 1 rings (SSSR count). The molecule has 0 spiro atoms. The maximum absolute atomic E-state index is 12.5. The van der Waals surface area contributed by atoms with Crippen molar-refractivity contribution in [2.45, 2.75) is 18.0 Å². The molecule has 10 heteroatoms. The number of sulfonamides is 1. The third-order valence-corrected chi connectivity index (χ3v) is 4.61. The quantitative estimate of drug-likeness (QED) is 0.724. The highest BCUT2D eigenvalue weighted by molar-refractivity contribution is 7.89. The predicted molar refractivity (Wildman–Crippen MR) is 79.8 cm³/mol. The molecule has 0 heterocycles. The van der Waals surface area contributed by atoms with Gasteiger partial charge in [-0.1, -0.05) is 6.92 Å². The van der Waals surface area contributed by atoms with Crippen LogP contribution in [0.15, 0.2) is 23.1 Å². The summed E-state index contributed by atoms with van der Waals surface area (Å²) in [5.41, 5.74) is 0.0636. The molecule has 1 amide bonds. The Hall–Kier alpha value is -1.81. The molecule has 130 valence electrons. The van der Waals surface area contributed by atoms with Gasteiger partial charge in [0, 0.05) is 19.3 Å². The van der Waals surface area contributed by atoms with E-state index in [1.165, 1.54) is 26.2 Å². The van der Waals surface area contributed by atoms with Crippen LogP contribution in [0.5, 0.6) is 0 Å². The molecule has 1 aromatic carbocycles. The van der Waals surface area contributed by atoms with Crippen LogP contribution in [-0.2, 0) is 10.0 Å². The number of carbonyl (C=O) groups excluding carboxylic acids is 1. The van der Waals surface area contributed by atoms with E-state index in [0.29, 0.717) is 0 Å². The SMILES string of the molecule is CNC(=O)c1cc(S(=O)(=O)NC)ccc1NCC(C)C(F)(F)F. The summed E-state index contributed by atoms with van der Waals surface area (Å²) < 4.78 is 63.2. The number of alkyl halides is 3. The Morgan fingerprint density at radius 2 is 1.87 bits per heavy atom. The molecule has 0 aromatic heterocycles. The highest BCUT2D eigenvalue weighted by Crippen LogP contribution is 2.27. The molecule has 0 saturated heterocycles. The Balaban J connectivity index is 3.15. The van der Waals surface area contributed by atoms with Gasteiger partial charge in [-0.3, -0.25) is 4.79 Å². The second kappa shape index (κ2) is 7.18. The van der Waals surface area contributed by atoms with Gasteiger partial charge in [0.1, 0.15) is 0 Å². The first-order valence-corrected chi connectivity index (χ1v) is 8.11. The molecule has 0 aliphatic rings. The Labute approximate surface area is 132 Å². The number of halogens is 3. The number of benzene rings is 1. The van der Waals surface area contributed by atoms with Crippen molar-refractivity contribution in [1.29, 1.82) is 0 Å². The minimum Gasteiger partial charge on any atom is -0.384 e. The molecular formula is C13H18F3N3O3S. The molecule has 6 nitrogen and oxygen atoms in total. The van der Waals surface area contributed by atoms with Crippen LogP contribution in [0.25, 0.3) is 0 Å². The topological polar surface area (TPSA) is 87.3 Å². The zero-order chi connectivity index (χ0) is 17.8. The molecule has 0 bridgehead atoms. The van der Waals surface area contributed by atoms with Crippen molar-refractivity contribution in [3.05, 3.63) is 23.8 Å². The van der Waals surface area contributed by atoms with Crippen molar-refractivity contribution in [2.75, 3.05) is 26.0 Å². The summed E-state index contributed by atoms with van der Waals surface area (Å²) in [5, 5.41) is 4.86. The lowest BCUT2D eigenvalue weighted by atomic mass is 10.1. The van der Waals surface area contributed by atoms with E-state index in [1.54, 1.807) is 0 Å². The molecule has 0 fully saturated rings. The van der Waals surface area contributed by atoms with E-state index in [9.17, 15) is 26.4 Å². The van der Waals surface area contributed by atoms with Crippen LogP contribution in [0.4, 0.5) is 18.9 Å². The van der Waals surface area contributed by atoms with E-state index in [2.05, 4.69) is 15.4 Å². The third kappa shape index (κ3) is 4.83. The molecule has 0 saturated carbocycles. The smallest absolute Gasteiger partial charge is 0.384 e. The number of anilines is 1. The van der Waals surface area contributed by atoms with Gasteiger partial charge in [-0.25, -0.2) is 13.1 Å². The van der Waals surface area contributed by atoms with E-state index in [4.69, 9.17) is 0 Å². The van der Waals surface area contributed by atoms with Crippen LogP contribution in [0.1, 0.15) is 17.3 Å². The molecule has 1 atom stereocenters. The van der Waals surface area contributed by atoms with Gasteiger partial charge in [-0.05, 0) is 25.2 Å². The zero-order valence-corrected chi connectivity index (χ0v) is 13.6. The van der Waals surface area contributed by atoms with Crippen molar-refractivity contribution in [3.63, 3.8) is 0 Å². The molecule has 0 radical (unpaired) electrons. The lowest BCUT2D eigenvalue weighted by Crippen LogP contribution is -2.28. The van der Waals surface area contributed by atoms with Gasteiger partial charge in [0.05, 0.1) is 16.4 Å². The Kier molecular flexibility index (Phi) is 6.00. The van der Waals surface area contributed by atoms with Crippen LogP contribution >= 0.6 is 0 Å². The molecule has 1 unspecified atom stereocenters. The minimum atomic E-state index is -4.37. The number of carbonyl (C=O) groups is 1. The van der Waals surface area contributed by atoms with Crippen molar-refractivity contribution >= 4 is 21.6 Å². The minimum absolute atomic E-state index is 0.0572. The Morgan fingerprint density at radius 1 is 1.26 bits per heavy atom. The first kappa shape index (κ1) is 19.2. The molecule has 0 aliphatic heterocycles. The molecule has 1 aromatic rings. The number of hydrogen-bond acceptors (Lipinski definition) is 4. The summed E-state index contributed by atoms with van der Waals surface area (Å²) in [6, 6.07) is 3.57. The second-order valence-corrected chi connectivity index (χ2v) is 6.70. The van der Waals surface area contributed by atoms with Crippen LogP contribution in [0.2, 0.25) is 0 Å². The van der Waals surface area contributed by atoms with Gasteiger partial charge in [0.25, 0.3) is 5.91 Å². The van der Waals surface area contributed by atoms with E-state index in [0.717, 1.165) is 13.0 Å². The average molecular weight is 353 g/mol. The third-order valence-electron chi connectivity index (χ3n) is 3.20. The molecular weight excluding hydrogens is 335 g/mol. The van der Waals surface area contributed by atoms with Crippen LogP contribution < -0.4 is 15.4 Å². The van der Waals surface area contributed by atoms with Gasteiger partial charge in [-0.2, -0.15) is 13.2 Å². The van der Waals surface area contributed by atoms with E-state index < -0.39 is 34.6 Å². The van der Waals surface area contributed by atoms with E-state index in [-0.39, 0.29) is 16.1 Å². The number of nitrogens with one attached hydrogen (secondary N) is 3. The van der Waals surface area contributed by atoms with E-state index >= 15 is 0 Å². The Morgan fingerprint density at radius 3 is 2.35 bits per heavy atom. The molecule has 0 aliphatic carbocycles. The average Bonchev–Trinajstić information content (AvgIpc) is 2.50. The zero-order valence-electron chi connectivity index (χ0n) is 12.8. The van der Waals surface area contributed by atoms with Crippen molar-refractivity contribution in [3.8, 4) is 0 Å². The number of amides is 1. The fraction of sp³-hybridized carbons (Fsp3) is 0.462. The number of rotatable bonds is 6. The van der Waals surface area contributed by atoms with Gasteiger partial charge in [0.15, 0.2) is 0 Å². The van der Waals surface area contributed by atoms with Gasteiger partial charge in [-0.15, -0.1) is 0 Å². The van der Waals surface area contributed by atoms with Crippen molar-refractivity contribution < 1.29 is 26.4 Å². The lowest BCUT2D eigenvalue weighted by molar-refractivity contribution is -0.165. The Bertz CT molecular complexity index is 675.